The van der Waals surface area contributed by atoms with Crippen LogP contribution >= 0.6 is 0 Å². The topological polar surface area (TPSA) is 49.4 Å². The predicted molar refractivity (Wildman–Crippen MR) is 54.4 cm³/mol. The molecule has 0 aromatic heterocycles. The van der Waals surface area contributed by atoms with Gasteiger partial charge < -0.3 is 9.29 Å². The summed E-state index contributed by atoms with van der Waals surface area (Å²) < 4.78 is 27.0. The minimum Gasteiger partial charge on any atom is -0.768 e. The molecule has 0 bridgehead atoms. The summed E-state index contributed by atoms with van der Waals surface area (Å²) in [5.74, 6) is 0.731. The summed E-state index contributed by atoms with van der Waals surface area (Å²) in [5.41, 5.74) is 2.35. The van der Waals surface area contributed by atoms with E-state index in [1.807, 2.05) is 6.92 Å². The van der Waals surface area contributed by atoms with E-state index in [0.717, 1.165) is 22.4 Å². The molecule has 1 unspecified atom stereocenters. The molecule has 0 aliphatic heterocycles. The third-order valence-electron chi connectivity index (χ3n) is 2.37. The molecule has 1 aromatic carbocycles. The third kappa shape index (κ3) is 1.81. The maximum Gasteiger partial charge on any atom is 0.122 e. The quantitative estimate of drug-likeness (QED) is 0.704. The first-order chi connectivity index (χ1) is 6.49. The van der Waals surface area contributed by atoms with Crippen molar-refractivity contribution < 1.29 is 13.5 Å². The van der Waals surface area contributed by atoms with Crippen molar-refractivity contribution in [3.8, 4) is 5.75 Å². The van der Waals surface area contributed by atoms with Crippen LogP contribution in [-0.2, 0) is 11.1 Å². The summed E-state index contributed by atoms with van der Waals surface area (Å²) >= 11 is -2.18. The van der Waals surface area contributed by atoms with Crippen LogP contribution in [0.25, 0.3) is 0 Å². The Hall–Kier alpha value is -0.870. The summed E-state index contributed by atoms with van der Waals surface area (Å²) in [5, 5.41) is 0. The van der Waals surface area contributed by atoms with Crippen LogP contribution in [-0.4, -0.2) is 15.9 Å². The number of ether oxygens (including phenoxy) is 1. The molecule has 0 radical (unpaired) electrons. The molecule has 3 nitrogen and oxygen atoms in total. The standard InChI is InChI=1S/C10H14O3S/c1-6-5-9(13-4)7(2)8(3)10(6)14(11)12/h5H,1-4H3,(H,11,12)/p-1. The molecular formula is C10H13O3S-. The van der Waals surface area contributed by atoms with E-state index >= 15 is 0 Å². The Kier molecular flexibility index (Phi) is 3.29. The monoisotopic (exact) mass is 213 g/mol. The Morgan fingerprint density at radius 2 is 1.86 bits per heavy atom. The Morgan fingerprint density at radius 3 is 2.29 bits per heavy atom. The second-order valence-corrected chi connectivity index (χ2v) is 4.09. The van der Waals surface area contributed by atoms with Crippen molar-refractivity contribution in [2.24, 2.45) is 0 Å². The van der Waals surface area contributed by atoms with Crippen LogP contribution < -0.4 is 4.74 Å². The highest BCUT2D eigenvalue weighted by Crippen LogP contribution is 2.28. The molecule has 1 aromatic rings. The normalized spacial score (nSPS) is 12.6. The smallest absolute Gasteiger partial charge is 0.122 e. The van der Waals surface area contributed by atoms with Crippen LogP contribution in [0.3, 0.4) is 0 Å². The zero-order valence-electron chi connectivity index (χ0n) is 8.71. The molecule has 0 saturated carbocycles. The zero-order chi connectivity index (χ0) is 10.9. The minimum atomic E-state index is -2.18. The minimum absolute atomic E-state index is 0.378. The fourth-order valence-electron chi connectivity index (χ4n) is 1.49. The molecule has 0 saturated heterocycles. The Labute approximate surface area is 86.4 Å². The fraction of sp³-hybridized carbons (Fsp3) is 0.400. The maximum atomic E-state index is 11.0. The van der Waals surface area contributed by atoms with Crippen LogP contribution in [0.1, 0.15) is 16.7 Å². The highest BCUT2D eigenvalue weighted by Gasteiger charge is 2.10. The van der Waals surface area contributed by atoms with Crippen molar-refractivity contribution >= 4 is 11.1 Å². The van der Waals surface area contributed by atoms with Gasteiger partial charge in [0.15, 0.2) is 0 Å². The molecule has 0 aliphatic carbocycles. The van der Waals surface area contributed by atoms with Crippen LogP contribution in [0.15, 0.2) is 11.0 Å². The summed E-state index contributed by atoms with van der Waals surface area (Å²) in [6, 6.07) is 1.74. The van der Waals surface area contributed by atoms with E-state index in [-0.39, 0.29) is 0 Å². The van der Waals surface area contributed by atoms with E-state index in [1.54, 1.807) is 27.0 Å². The van der Waals surface area contributed by atoms with Gasteiger partial charge in [0.25, 0.3) is 0 Å². The Bertz CT molecular complexity index is 385. The van der Waals surface area contributed by atoms with Gasteiger partial charge in [-0.1, -0.05) is 0 Å². The number of rotatable bonds is 2. The number of hydrogen-bond acceptors (Lipinski definition) is 3. The molecule has 0 aliphatic rings. The summed E-state index contributed by atoms with van der Waals surface area (Å²) in [6.07, 6.45) is 0. The van der Waals surface area contributed by atoms with Gasteiger partial charge in [0.1, 0.15) is 5.75 Å². The maximum absolute atomic E-state index is 11.0. The van der Waals surface area contributed by atoms with Gasteiger partial charge in [-0.15, -0.1) is 0 Å². The molecule has 0 amide bonds. The molecule has 4 heteroatoms. The van der Waals surface area contributed by atoms with Crippen molar-refractivity contribution in [3.05, 3.63) is 22.8 Å². The van der Waals surface area contributed by atoms with Crippen LogP contribution in [0, 0.1) is 20.8 Å². The van der Waals surface area contributed by atoms with E-state index in [9.17, 15) is 8.76 Å². The second-order valence-electron chi connectivity index (χ2n) is 3.21. The van der Waals surface area contributed by atoms with Crippen LogP contribution in [0.2, 0.25) is 0 Å². The van der Waals surface area contributed by atoms with E-state index in [2.05, 4.69) is 0 Å². The number of benzene rings is 1. The van der Waals surface area contributed by atoms with Gasteiger partial charge in [0.05, 0.1) is 7.11 Å². The molecule has 0 spiro atoms. The predicted octanol–water partition coefficient (Wildman–Crippen LogP) is 1.86. The van der Waals surface area contributed by atoms with Gasteiger partial charge in [0, 0.05) is 4.90 Å². The molecule has 0 N–H and O–H groups in total. The van der Waals surface area contributed by atoms with Gasteiger partial charge in [-0.2, -0.15) is 0 Å². The van der Waals surface area contributed by atoms with E-state index in [1.165, 1.54) is 0 Å². The average Bonchev–Trinajstić information content (AvgIpc) is 2.10. The fourth-order valence-corrected chi connectivity index (χ4v) is 2.21. The van der Waals surface area contributed by atoms with Crippen molar-refractivity contribution in [1.82, 2.24) is 0 Å². The lowest BCUT2D eigenvalue weighted by molar-refractivity contribution is 0.410. The lowest BCUT2D eigenvalue weighted by Gasteiger charge is -2.17. The molecule has 14 heavy (non-hydrogen) atoms. The largest absolute Gasteiger partial charge is 0.768 e. The highest BCUT2D eigenvalue weighted by molar-refractivity contribution is 7.79. The van der Waals surface area contributed by atoms with Crippen molar-refractivity contribution in [2.45, 2.75) is 25.7 Å². The summed E-state index contributed by atoms with van der Waals surface area (Å²) in [6.45, 7) is 5.40. The molecular weight excluding hydrogens is 200 g/mol. The van der Waals surface area contributed by atoms with Gasteiger partial charge in [-0.3, -0.25) is 4.21 Å². The zero-order valence-corrected chi connectivity index (χ0v) is 9.53. The molecule has 0 heterocycles. The summed E-state index contributed by atoms with van der Waals surface area (Å²) in [4.78, 5) is 0.378. The number of methoxy groups -OCH3 is 1. The second kappa shape index (κ2) is 4.11. The van der Waals surface area contributed by atoms with Gasteiger partial charge >= 0.3 is 0 Å². The average molecular weight is 213 g/mol. The lowest BCUT2D eigenvalue weighted by atomic mass is 10.1. The van der Waals surface area contributed by atoms with Gasteiger partial charge in [-0.05, 0) is 54.6 Å². The first kappa shape index (κ1) is 11.2. The van der Waals surface area contributed by atoms with Gasteiger partial charge in [-0.25, -0.2) is 0 Å². The van der Waals surface area contributed by atoms with Crippen molar-refractivity contribution in [1.29, 1.82) is 0 Å². The lowest BCUT2D eigenvalue weighted by Crippen LogP contribution is -2.01. The highest BCUT2D eigenvalue weighted by atomic mass is 32.2. The molecule has 1 atom stereocenters. The SMILES string of the molecule is COc1cc(C)c(S(=O)[O-])c(C)c1C. The van der Waals surface area contributed by atoms with Crippen LogP contribution in [0.4, 0.5) is 0 Å². The van der Waals surface area contributed by atoms with Crippen molar-refractivity contribution in [3.63, 3.8) is 0 Å². The van der Waals surface area contributed by atoms with E-state index < -0.39 is 11.1 Å². The van der Waals surface area contributed by atoms with E-state index in [0.29, 0.717) is 4.90 Å². The third-order valence-corrected chi connectivity index (χ3v) is 3.33. The van der Waals surface area contributed by atoms with Crippen molar-refractivity contribution in [2.75, 3.05) is 7.11 Å². The van der Waals surface area contributed by atoms with Gasteiger partial charge in [0.2, 0.25) is 0 Å². The first-order valence-corrected chi connectivity index (χ1v) is 5.30. The van der Waals surface area contributed by atoms with E-state index in [4.69, 9.17) is 4.74 Å². The Balaban J connectivity index is 3.49. The number of aryl methyl sites for hydroxylation is 1. The number of hydrogen-bond donors (Lipinski definition) is 0. The Morgan fingerprint density at radius 1 is 1.29 bits per heavy atom. The molecule has 1 rings (SSSR count). The first-order valence-electron chi connectivity index (χ1n) is 4.23. The molecule has 0 fully saturated rings. The van der Waals surface area contributed by atoms with Crippen LogP contribution in [0.5, 0.6) is 5.75 Å². The summed E-state index contributed by atoms with van der Waals surface area (Å²) in [7, 11) is 1.58. The molecule has 78 valence electrons.